The molecule has 2 heteroatoms. The van der Waals surface area contributed by atoms with E-state index in [9.17, 15) is 4.39 Å². The summed E-state index contributed by atoms with van der Waals surface area (Å²) >= 11 is 0. The number of rotatable bonds is 1. The molecule has 2 aliphatic heterocycles. The van der Waals surface area contributed by atoms with Crippen LogP contribution in [0.3, 0.4) is 0 Å². The number of hydrogen-bond donors (Lipinski definition) is 0. The molecule has 0 amide bonds. The third-order valence-corrected chi connectivity index (χ3v) is 3.34. The molecule has 2 heterocycles. The van der Waals surface area contributed by atoms with Crippen LogP contribution >= 0.6 is 0 Å². The number of halogens is 1. The molecule has 2 atom stereocenters. The van der Waals surface area contributed by atoms with E-state index in [2.05, 4.69) is 18.4 Å². The van der Waals surface area contributed by atoms with E-state index in [-0.39, 0.29) is 5.54 Å². The lowest BCUT2D eigenvalue weighted by Gasteiger charge is -2.29. The smallest absolute Gasteiger partial charge is 0.115 e. The van der Waals surface area contributed by atoms with Crippen LogP contribution in [0.5, 0.6) is 0 Å². The number of hydrogen-bond acceptors (Lipinski definition) is 1. The monoisotopic (exact) mass is 169 g/mol. The summed E-state index contributed by atoms with van der Waals surface area (Å²) in [5.41, 5.74) is 1.43. The van der Waals surface area contributed by atoms with Gasteiger partial charge in [-0.2, -0.15) is 0 Å². The Kier molecular flexibility index (Phi) is 1.76. The molecular weight excluding hydrogens is 153 g/mol. The molecule has 2 aliphatic rings. The summed E-state index contributed by atoms with van der Waals surface area (Å²) in [5, 5.41) is 0. The molecule has 0 N–H and O–H groups in total. The minimum atomic E-state index is -0.599. The van der Waals surface area contributed by atoms with Crippen LogP contribution in [0.25, 0.3) is 0 Å². The van der Waals surface area contributed by atoms with Crippen LogP contribution in [0.15, 0.2) is 12.2 Å². The zero-order valence-electron chi connectivity index (χ0n) is 7.65. The highest BCUT2D eigenvalue weighted by molar-refractivity contribution is 5.18. The van der Waals surface area contributed by atoms with Gasteiger partial charge in [-0.3, -0.25) is 4.90 Å². The van der Waals surface area contributed by atoms with Gasteiger partial charge >= 0.3 is 0 Å². The van der Waals surface area contributed by atoms with Crippen LogP contribution in [0, 0.1) is 0 Å². The molecule has 12 heavy (non-hydrogen) atoms. The van der Waals surface area contributed by atoms with E-state index in [0.717, 1.165) is 25.8 Å². The van der Waals surface area contributed by atoms with E-state index in [4.69, 9.17) is 0 Å². The molecule has 0 aromatic carbocycles. The lowest BCUT2D eigenvalue weighted by molar-refractivity contribution is 0.189. The minimum Gasteiger partial charge on any atom is -0.290 e. The van der Waals surface area contributed by atoms with Crippen LogP contribution in [0.2, 0.25) is 0 Å². The van der Waals surface area contributed by atoms with Crippen LogP contribution in [0.1, 0.15) is 26.2 Å². The number of nitrogens with zero attached hydrogens (tertiary/aromatic N) is 1. The van der Waals surface area contributed by atoms with E-state index in [1.54, 1.807) is 0 Å². The molecule has 68 valence electrons. The first kappa shape index (κ1) is 8.24. The van der Waals surface area contributed by atoms with E-state index in [0.29, 0.717) is 6.54 Å². The van der Waals surface area contributed by atoms with E-state index < -0.39 is 6.17 Å². The number of alkyl halides is 1. The number of fused-ring (bicyclic) bond motifs is 1. The zero-order chi connectivity index (χ0) is 8.77. The van der Waals surface area contributed by atoms with Gasteiger partial charge in [0.2, 0.25) is 0 Å². The second kappa shape index (κ2) is 2.56. The molecular formula is C10H16FN. The summed E-state index contributed by atoms with van der Waals surface area (Å²) in [6, 6.07) is 0. The van der Waals surface area contributed by atoms with Gasteiger partial charge in [0.1, 0.15) is 6.17 Å². The largest absolute Gasteiger partial charge is 0.290 e. The first-order chi connectivity index (χ1) is 5.66. The van der Waals surface area contributed by atoms with Gasteiger partial charge in [-0.25, -0.2) is 4.39 Å². The highest BCUT2D eigenvalue weighted by atomic mass is 19.1. The van der Waals surface area contributed by atoms with E-state index >= 15 is 0 Å². The molecule has 0 radical (unpaired) electrons. The van der Waals surface area contributed by atoms with Crippen molar-refractivity contribution in [1.29, 1.82) is 0 Å². The lowest BCUT2D eigenvalue weighted by Crippen LogP contribution is -2.37. The van der Waals surface area contributed by atoms with E-state index in [1.165, 1.54) is 5.57 Å². The van der Waals surface area contributed by atoms with Gasteiger partial charge in [0.15, 0.2) is 0 Å². The van der Waals surface area contributed by atoms with Crippen LogP contribution in [-0.2, 0) is 0 Å². The SMILES string of the molecule is C=C1CN2C[C@H](F)C[C@]2(CC)C1. The quantitative estimate of drug-likeness (QED) is 0.543. The predicted octanol–water partition coefficient (Wildman–Crippen LogP) is 2.14. The fraction of sp³-hybridized carbons (Fsp3) is 0.800. The lowest BCUT2D eigenvalue weighted by atomic mass is 9.90. The average Bonchev–Trinajstić information content (AvgIpc) is 2.40. The highest BCUT2D eigenvalue weighted by Gasteiger charge is 2.48. The van der Waals surface area contributed by atoms with Gasteiger partial charge < -0.3 is 0 Å². The summed E-state index contributed by atoms with van der Waals surface area (Å²) in [6.45, 7) is 7.70. The van der Waals surface area contributed by atoms with Crippen molar-refractivity contribution in [2.45, 2.75) is 37.9 Å². The molecule has 0 aromatic rings. The van der Waals surface area contributed by atoms with Crippen molar-refractivity contribution in [2.75, 3.05) is 13.1 Å². The van der Waals surface area contributed by atoms with Crippen LogP contribution in [0.4, 0.5) is 4.39 Å². The Hall–Kier alpha value is -0.370. The molecule has 2 fully saturated rings. The third kappa shape index (κ3) is 1.01. The van der Waals surface area contributed by atoms with Gasteiger partial charge in [-0.15, -0.1) is 0 Å². The maximum atomic E-state index is 13.1. The van der Waals surface area contributed by atoms with Crippen molar-refractivity contribution in [3.8, 4) is 0 Å². The summed E-state index contributed by atoms with van der Waals surface area (Å²) in [4.78, 5) is 2.28. The Morgan fingerprint density at radius 1 is 1.75 bits per heavy atom. The van der Waals surface area contributed by atoms with E-state index in [1.807, 2.05) is 0 Å². The molecule has 2 rings (SSSR count). The standard InChI is InChI=1S/C10H16FN/c1-3-10-4-8(2)6-12(10)7-9(11)5-10/h9H,2-7H2,1H3/t9-,10+/m1/s1. The summed E-state index contributed by atoms with van der Waals surface area (Å²) in [5.74, 6) is 0. The molecule has 1 nitrogen and oxygen atoms in total. The van der Waals surface area contributed by atoms with Crippen molar-refractivity contribution < 1.29 is 4.39 Å². The molecule has 0 aliphatic carbocycles. The first-order valence-electron chi connectivity index (χ1n) is 4.72. The zero-order valence-corrected chi connectivity index (χ0v) is 7.65. The molecule has 0 unspecified atom stereocenters. The molecule has 0 saturated carbocycles. The predicted molar refractivity (Wildman–Crippen MR) is 47.9 cm³/mol. The Labute approximate surface area is 73.2 Å². The van der Waals surface area contributed by atoms with Crippen LogP contribution in [-0.4, -0.2) is 29.7 Å². The van der Waals surface area contributed by atoms with Gasteiger partial charge in [-0.05, 0) is 19.3 Å². The summed E-state index contributed by atoms with van der Waals surface area (Å²) < 4.78 is 13.1. The Bertz CT molecular complexity index is 214. The second-order valence-corrected chi connectivity index (χ2v) is 4.19. The minimum absolute atomic E-state index is 0.149. The fourth-order valence-corrected chi connectivity index (χ4v) is 2.74. The van der Waals surface area contributed by atoms with Gasteiger partial charge in [-0.1, -0.05) is 19.1 Å². The van der Waals surface area contributed by atoms with Gasteiger partial charge in [0.05, 0.1) is 0 Å². The summed E-state index contributed by atoms with van der Waals surface area (Å²) in [7, 11) is 0. The Balaban J connectivity index is 2.21. The average molecular weight is 169 g/mol. The molecule has 0 aromatic heterocycles. The highest BCUT2D eigenvalue weighted by Crippen LogP contribution is 2.43. The second-order valence-electron chi connectivity index (χ2n) is 4.19. The van der Waals surface area contributed by atoms with Crippen molar-refractivity contribution in [3.63, 3.8) is 0 Å². The molecule has 0 bridgehead atoms. The van der Waals surface area contributed by atoms with Crippen LogP contribution < -0.4 is 0 Å². The maximum absolute atomic E-state index is 13.1. The Morgan fingerprint density at radius 3 is 3.08 bits per heavy atom. The maximum Gasteiger partial charge on any atom is 0.115 e. The van der Waals surface area contributed by atoms with Crippen molar-refractivity contribution >= 4 is 0 Å². The molecule has 2 saturated heterocycles. The molecule has 0 spiro atoms. The summed E-state index contributed by atoms with van der Waals surface area (Å²) in [6.07, 6.45) is 2.21. The Morgan fingerprint density at radius 2 is 2.50 bits per heavy atom. The van der Waals surface area contributed by atoms with Gasteiger partial charge in [0, 0.05) is 18.6 Å². The first-order valence-corrected chi connectivity index (χ1v) is 4.72. The topological polar surface area (TPSA) is 3.24 Å². The van der Waals surface area contributed by atoms with Crippen molar-refractivity contribution in [3.05, 3.63) is 12.2 Å². The van der Waals surface area contributed by atoms with Crippen molar-refractivity contribution in [1.82, 2.24) is 4.90 Å². The third-order valence-electron chi connectivity index (χ3n) is 3.34. The van der Waals surface area contributed by atoms with Crippen molar-refractivity contribution in [2.24, 2.45) is 0 Å². The normalized spacial score (nSPS) is 42.2. The van der Waals surface area contributed by atoms with Gasteiger partial charge in [0.25, 0.3) is 0 Å². The fourth-order valence-electron chi connectivity index (χ4n) is 2.74.